The molecule has 302 valence electrons. The number of phenols is 2. The molecule has 14 nitrogen and oxygen atoms in total. The van der Waals surface area contributed by atoms with Crippen LogP contribution in [0.15, 0.2) is 66.7 Å². The van der Waals surface area contributed by atoms with Crippen molar-refractivity contribution in [3.05, 3.63) is 131 Å². The SMILES string of the molecule is CI.COC1Cc2ccc(-n3c(-c4cc(C(C)C)c(O)cc4O)n[nH]c3=S)cc2C1.COC1Cc2ccc([N+](=O)[O-])cc2C1.O=[N+]([O-])c1ccc2c(c1)CC(O)C2. The zero-order valence-corrected chi connectivity index (χ0v) is 35.2. The summed E-state index contributed by atoms with van der Waals surface area (Å²) < 4.78 is 13.0. The number of aromatic amines is 1. The fourth-order valence-corrected chi connectivity index (χ4v) is 7.60. The Balaban J connectivity index is 0.000000178. The first-order valence-corrected chi connectivity index (χ1v) is 20.8. The standard InChI is InChI=1S/C21H23N3O3S.C10H11NO3.C9H9NO3.CH3I/c1-11(2)16-9-17(19(26)10-18(16)25)20-22-23-21(28)24(20)14-5-4-12-7-15(27-3)8-13(12)6-14;1-14-10-5-7-2-3-9(11(12)13)4-8(7)6-10;11-9-4-6-1-2-8(10(12)13)3-7(6)5-9;1-2/h4-6,9-11,15,25-26H,7-8H2,1-3H3,(H,23,28);2-4,10H,5-6H2,1H3;1-3,9,11H,4-5H2;1H3. The predicted octanol–water partition coefficient (Wildman–Crippen LogP) is 8.06. The summed E-state index contributed by atoms with van der Waals surface area (Å²) in [6, 6.07) is 19.1. The predicted molar refractivity (Wildman–Crippen MR) is 228 cm³/mol. The molecular weight excluding hydrogens is 865 g/mol. The van der Waals surface area contributed by atoms with Crippen molar-refractivity contribution in [2.24, 2.45) is 0 Å². The van der Waals surface area contributed by atoms with Gasteiger partial charge in [-0.15, -0.1) is 0 Å². The second-order valence-corrected chi connectivity index (χ2v) is 14.6. The number of nitro groups is 2. The number of nitro benzene ring substituents is 2. The van der Waals surface area contributed by atoms with Crippen LogP contribution in [-0.2, 0) is 48.0 Å². The number of nitrogens with zero attached hydrogens (tertiary/aromatic N) is 4. The summed E-state index contributed by atoms with van der Waals surface area (Å²) in [4.78, 5) is 22.1. The van der Waals surface area contributed by atoms with Crippen LogP contribution in [0.25, 0.3) is 17.1 Å². The third-order valence-corrected chi connectivity index (χ3v) is 10.6. The van der Waals surface area contributed by atoms with Gasteiger partial charge in [-0.3, -0.25) is 29.9 Å². The third-order valence-electron chi connectivity index (χ3n) is 10.3. The number of benzene rings is 4. The molecule has 0 fully saturated rings. The Morgan fingerprint density at radius 1 is 0.754 bits per heavy atom. The van der Waals surface area contributed by atoms with Gasteiger partial charge in [0.05, 0.1) is 39.4 Å². The minimum Gasteiger partial charge on any atom is -0.508 e. The largest absolute Gasteiger partial charge is 0.508 e. The molecule has 0 spiro atoms. The summed E-state index contributed by atoms with van der Waals surface area (Å²) in [6.45, 7) is 3.97. The smallest absolute Gasteiger partial charge is 0.269 e. The molecule has 0 saturated heterocycles. The van der Waals surface area contributed by atoms with Gasteiger partial charge in [-0.2, -0.15) is 5.10 Å². The average Bonchev–Trinajstić information content (AvgIpc) is 3.98. The number of methoxy groups -OCH3 is 2. The number of H-pyrrole nitrogens is 1. The number of halogens is 1. The zero-order chi connectivity index (χ0) is 41.6. The molecule has 57 heavy (non-hydrogen) atoms. The number of ether oxygens (including phenoxy) is 2. The number of aromatic hydroxyl groups is 2. The molecule has 3 aliphatic rings. The number of aliphatic hydroxyl groups excluding tert-OH is 1. The lowest BCUT2D eigenvalue weighted by atomic mass is 9.98. The maximum atomic E-state index is 10.5. The van der Waals surface area contributed by atoms with Crippen molar-refractivity contribution in [2.45, 2.75) is 76.6 Å². The number of aliphatic hydroxyl groups is 1. The monoisotopic (exact) mass is 911 g/mol. The van der Waals surface area contributed by atoms with E-state index in [4.69, 9.17) is 21.7 Å². The van der Waals surface area contributed by atoms with Crippen molar-refractivity contribution in [1.82, 2.24) is 14.8 Å². The summed E-state index contributed by atoms with van der Waals surface area (Å²) in [5, 5.41) is 58.1. The molecule has 0 radical (unpaired) electrons. The van der Waals surface area contributed by atoms with Gasteiger partial charge in [0.15, 0.2) is 10.6 Å². The number of phenolic OH excluding ortho intramolecular Hbond substituents is 2. The van der Waals surface area contributed by atoms with Crippen LogP contribution in [-0.4, -0.2) is 77.4 Å². The zero-order valence-electron chi connectivity index (χ0n) is 32.3. The van der Waals surface area contributed by atoms with E-state index in [1.165, 1.54) is 28.8 Å². The van der Waals surface area contributed by atoms with Gasteiger partial charge in [0.1, 0.15) is 11.5 Å². The van der Waals surface area contributed by atoms with Gasteiger partial charge in [-0.1, -0.05) is 54.6 Å². The van der Waals surface area contributed by atoms with E-state index in [0.717, 1.165) is 53.6 Å². The van der Waals surface area contributed by atoms with Crippen LogP contribution in [0.1, 0.15) is 58.7 Å². The lowest BCUT2D eigenvalue weighted by Crippen LogP contribution is -2.08. The van der Waals surface area contributed by atoms with Gasteiger partial charge in [0, 0.05) is 44.6 Å². The number of fused-ring (bicyclic) bond motifs is 3. The first-order chi connectivity index (χ1) is 27.3. The highest BCUT2D eigenvalue weighted by Crippen LogP contribution is 2.38. The van der Waals surface area contributed by atoms with Crippen LogP contribution in [0.5, 0.6) is 11.5 Å². The maximum Gasteiger partial charge on any atom is 0.269 e. The summed E-state index contributed by atoms with van der Waals surface area (Å²) >= 11 is 7.62. The molecule has 0 saturated carbocycles. The van der Waals surface area contributed by atoms with Crippen molar-refractivity contribution in [1.29, 1.82) is 0 Å². The van der Waals surface area contributed by atoms with Crippen LogP contribution >= 0.6 is 34.8 Å². The summed E-state index contributed by atoms with van der Waals surface area (Å²) in [5.74, 6) is 0.629. The van der Waals surface area contributed by atoms with Gasteiger partial charge in [0.2, 0.25) is 0 Å². The Morgan fingerprint density at radius 3 is 1.75 bits per heavy atom. The second kappa shape index (κ2) is 19.1. The number of rotatable bonds is 7. The molecule has 4 N–H and O–H groups in total. The highest BCUT2D eigenvalue weighted by atomic mass is 127. The van der Waals surface area contributed by atoms with Gasteiger partial charge < -0.3 is 24.8 Å². The minimum absolute atomic E-state index is 0.0437. The number of alkyl halides is 1. The molecule has 16 heteroatoms. The lowest BCUT2D eigenvalue weighted by molar-refractivity contribution is -0.385. The van der Waals surface area contributed by atoms with E-state index in [1.54, 1.807) is 44.6 Å². The van der Waals surface area contributed by atoms with Crippen LogP contribution < -0.4 is 0 Å². The lowest BCUT2D eigenvalue weighted by Gasteiger charge is -2.14. The molecular formula is C41H46IN5O9S. The van der Waals surface area contributed by atoms with Crippen LogP contribution in [0.3, 0.4) is 0 Å². The third kappa shape index (κ3) is 10.0. The fourth-order valence-electron chi connectivity index (χ4n) is 7.36. The van der Waals surface area contributed by atoms with Crippen molar-refractivity contribution in [2.75, 3.05) is 19.2 Å². The van der Waals surface area contributed by atoms with Crippen LogP contribution in [0.2, 0.25) is 0 Å². The summed E-state index contributed by atoms with van der Waals surface area (Å²) in [7, 11) is 3.41. The second-order valence-electron chi connectivity index (χ2n) is 14.2. The van der Waals surface area contributed by atoms with Crippen molar-refractivity contribution >= 4 is 46.2 Å². The normalized spacial score (nSPS) is 17.2. The van der Waals surface area contributed by atoms with Gasteiger partial charge >= 0.3 is 0 Å². The Labute approximate surface area is 348 Å². The minimum atomic E-state index is -0.412. The molecule has 4 aromatic carbocycles. The van der Waals surface area contributed by atoms with E-state index >= 15 is 0 Å². The van der Waals surface area contributed by atoms with E-state index in [0.29, 0.717) is 29.0 Å². The quantitative estimate of drug-likeness (QED) is 0.0405. The number of aromatic nitrogens is 3. The molecule has 3 atom stereocenters. The molecule has 8 rings (SSSR count). The topological polar surface area (TPSA) is 199 Å². The highest BCUT2D eigenvalue weighted by molar-refractivity contribution is 14.1. The molecule has 5 aromatic rings. The first kappa shape index (κ1) is 43.4. The van der Waals surface area contributed by atoms with Crippen LogP contribution in [0.4, 0.5) is 11.4 Å². The van der Waals surface area contributed by atoms with E-state index in [-0.39, 0.29) is 52.0 Å². The number of nitrogens with one attached hydrogen (secondary N) is 1. The molecule has 3 unspecified atom stereocenters. The van der Waals surface area contributed by atoms with Gasteiger partial charge in [-0.05, 0) is 119 Å². The maximum absolute atomic E-state index is 10.5. The van der Waals surface area contributed by atoms with Crippen molar-refractivity contribution < 1.29 is 34.6 Å². The van der Waals surface area contributed by atoms with E-state index < -0.39 is 4.92 Å². The molecule has 1 heterocycles. The average molecular weight is 912 g/mol. The molecule has 0 aliphatic heterocycles. The molecule has 0 bridgehead atoms. The van der Waals surface area contributed by atoms with Gasteiger partial charge in [0.25, 0.3) is 11.4 Å². The highest BCUT2D eigenvalue weighted by Gasteiger charge is 2.25. The van der Waals surface area contributed by atoms with Crippen LogP contribution in [0, 0.1) is 25.0 Å². The molecule has 0 amide bonds. The summed E-state index contributed by atoms with van der Waals surface area (Å²) in [5.41, 5.74) is 9.07. The number of hydrogen-bond acceptors (Lipinski definition) is 11. The van der Waals surface area contributed by atoms with Gasteiger partial charge in [-0.25, -0.2) is 0 Å². The number of hydrogen-bond donors (Lipinski definition) is 4. The Bertz CT molecular complexity index is 2310. The van der Waals surface area contributed by atoms with Crippen molar-refractivity contribution in [3.8, 4) is 28.6 Å². The van der Waals surface area contributed by atoms with E-state index in [9.17, 15) is 35.5 Å². The molecule has 3 aliphatic carbocycles. The Hall–Kier alpha value is -4.75. The van der Waals surface area contributed by atoms with Crippen molar-refractivity contribution in [3.63, 3.8) is 0 Å². The molecule has 1 aromatic heterocycles. The van der Waals surface area contributed by atoms with E-state index in [2.05, 4.69) is 44.9 Å². The Kier molecular flexibility index (Phi) is 14.6. The summed E-state index contributed by atoms with van der Waals surface area (Å²) in [6.07, 6.45) is 4.61. The number of non-ortho nitro benzene ring substituents is 2. The Morgan fingerprint density at radius 2 is 1.23 bits per heavy atom. The first-order valence-electron chi connectivity index (χ1n) is 18.3. The fraction of sp³-hybridized carbons (Fsp3) is 0.366. The van der Waals surface area contributed by atoms with E-state index in [1.807, 2.05) is 35.5 Å².